The summed E-state index contributed by atoms with van der Waals surface area (Å²) in [6, 6.07) is 6.67. The van der Waals surface area contributed by atoms with Crippen molar-refractivity contribution in [2.24, 2.45) is 0 Å². The zero-order valence-corrected chi connectivity index (χ0v) is 12.7. The molecule has 1 aromatic heterocycles. The largest absolute Gasteiger partial charge is 0.379 e. The molecule has 1 N–H and O–H groups in total. The highest BCUT2D eigenvalue weighted by molar-refractivity contribution is 7.16. The number of nitrogens with zero attached hydrogens (tertiary/aromatic N) is 1. The third-order valence-corrected chi connectivity index (χ3v) is 4.54. The number of hydrogen-bond acceptors (Lipinski definition) is 4. The Morgan fingerprint density at radius 3 is 2.79 bits per heavy atom. The van der Waals surface area contributed by atoms with E-state index in [1.807, 2.05) is 5.51 Å². The number of ether oxygens (including phenoxy) is 1. The molecule has 2 heterocycles. The molecule has 0 bridgehead atoms. The zero-order chi connectivity index (χ0) is 13.7. The molecule has 1 aliphatic rings. The molecule has 0 radical (unpaired) electrons. The number of rotatable bonds is 2. The van der Waals surface area contributed by atoms with E-state index in [9.17, 15) is 0 Å². The Bertz CT molecular complexity index is 603. The van der Waals surface area contributed by atoms with Crippen LogP contribution in [0.15, 0.2) is 23.7 Å². The van der Waals surface area contributed by atoms with Gasteiger partial charge in [0.05, 0.1) is 33.0 Å². The predicted molar refractivity (Wildman–Crippen MR) is 80.9 cm³/mol. The SMILES string of the molecule is CC1(C)CC(Nc2ccc3ncsc3c2)C(C)(C)O1. The van der Waals surface area contributed by atoms with Crippen LogP contribution < -0.4 is 5.32 Å². The zero-order valence-electron chi connectivity index (χ0n) is 11.9. The molecular weight excluding hydrogens is 256 g/mol. The highest BCUT2D eigenvalue weighted by atomic mass is 32.1. The molecule has 102 valence electrons. The van der Waals surface area contributed by atoms with E-state index in [1.165, 1.54) is 4.70 Å². The van der Waals surface area contributed by atoms with Crippen LogP contribution in [0.5, 0.6) is 0 Å². The van der Waals surface area contributed by atoms with E-state index in [0.717, 1.165) is 17.6 Å². The standard InChI is InChI=1S/C15H20N2OS/c1-14(2)8-13(15(3,4)18-14)17-10-5-6-11-12(7-10)19-9-16-11/h5-7,9,13,17H,8H2,1-4H3. The van der Waals surface area contributed by atoms with Crippen molar-refractivity contribution in [2.75, 3.05) is 5.32 Å². The van der Waals surface area contributed by atoms with E-state index in [-0.39, 0.29) is 11.2 Å². The highest BCUT2D eigenvalue weighted by Gasteiger charge is 2.45. The smallest absolute Gasteiger partial charge is 0.0834 e. The second kappa shape index (κ2) is 4.18. The van der Waals surface area contributed by atoms with E-state index >= 15 is 0 Å². The quantitative estimate of drug-likeness (QED) is 0.898. The number of anilines is 1. The summed E-state index contributed by atoms with van der Waals surface area (Å²) in [5.74, 6) is 0. The molecule has 1 unspecified atom stereocenters. The summed E-state index contributed by atoms with van der Waals surface area (Å²) < 4.78 is 7.34. The maximum atomic E-state index is 6.12. The van der Waals surface area contributed by atoms with Gasteiger partial charge in [0, 0.05) is 5.69 Å². The second-order valence-electron chi connectivity index (χ2n) is 6.40. The molecular formula is C15H20N2OS. The Labute approximate surface area is 118 Å². The minimum Gasteiger partial charge on any atom is -0.379 e. The highest BCUT2D eigenvalue weighted by Crippen LogP contribution is 2.39. The van der Waals surface area contributed by atoms with Crippen molar-refractivity contribution in [3.05, 3.63) is 23.7 Å². The summed E-state index contributed by atoms with van der Waals surface area (Å²) in [4.78, 5) is 4.31. The fraction of sp³-hybridized carbons (Fsp3) is 0.533. The Morgan fingerprint density at radius 2 is 2.11 bits per heavy atom. The monoisotopic (exact) mass is 276 g/mol. The molecule has 2 aromatic rings. The van der Waals surface area contributed by atoms with Gasteiger partial charge in [-0.25, -0.2) is 4.98 Å². The first kappa shape index (κ1) is 12.9. The van der Waals surface area contributed by atoms with Gasteiger partial charge in [-0.1, -0.05) is 0 Å². The maximum absolute atomic E-state index is 6.12. The fourth-order valence-electron chi connectivity index (χ4n) is 2.93. The van der Waals surface area contributed by atoms with Crippen LogP contribution >= 0.6 is 11.3 Å². The van der Waals surface area contributed by atoms with Crippen molar-refractivity contribution in [1.82, 2.24) is 4.98 Å². The number of fused-ring (bicyclic) bond motifs is 1. The summed E-state index contributed by atoms with van der Waals surface area (Å²) in [5.41, 5.74) is 3.90. The minimum absolute atomic E-state index is 0.0598. The summed E-state index contributed by atoms with van der Waals surface area (Å²) >= 11 is 1.68. The van der Waals surface area contributed by atoms with Gasteiger partial charge in [0.25, 0.3) is 0 Å². The van der Waals surface area contributed by atoms with Crippen LogP contribution in [0.3, 0.4) is 0 Å². The molecule has 0 spiro atoms. The second-order valence-corrected chi connectivity index (χ2v) is 7.29. The van der Waals surface area contributed by atoms with Crippen molar-refractivity contribution < 1.29 is 4.74 Å². The number of hydrogen-bond donors (Lipinski definition) is 1. The third-order valence-electron chi connectivity index (χ3n) is 3.75. The molecule has 1 saturated heterocycles. The molecule has 1 fully saturated rings. The molecule has 0 saturated carbocycles. The lowest BCUT2D eigenvalue weighted by Crippen LogP contribution is -2.38. The van der Waals surface area contributed by atoms with E-state index < -0.39 is 0 Å². The van der Waals surface area contributed by atoms with E-state index in [2.05, 4.69) is 56.2 Å². The first-order valence-corrected chi connectivity index (χ1v) is 7.54. The van der Waals surface area contributed by atoms with Gasteiger partial charge < -0.3 is 10.1 Å². The van der Waals surface area contributed by atoms with Gasteiger partial charge in [-0.05, 0) is 52.3 Å². The lowest BCUT2D eigenvalue weighted by atomic mass is 9.94. The molecule has 3 nitrogen and oxygen atoms in total. The number of thiazole rings is 1. The summed E-state index contributed by atoms with van der Waals surface area (Å²) in [7, 11) is 0. The Kier molecular flexibility index (Phi) is 2.84. The average molecular weight is 276 g/mol. The van der Waals surface area contributed by atoms with Gasteiger partial charge in [0.2, 0.25) is 0 Å². The topological polar surface area (TPSA) is 34.2 Å². The van der Waals surface area contributed by atoms with Crippen LogP contribution in [0, 0.1) is 0 Å². The Balaban J connectivity index is 1.84. The van der Waals surface area contributed by atoms with Gasteiger partial charge in [-0.15, -0.1) is 11.3 Å². The van der Waals surface area contributed by atoms with Gasteiger partial charge >= 0.3 is 0 Å². The van der Waals surface area contributed by atoms with Crippen LogP contribution in [-0.2, 0) is 4.74 Å². The van der Waals surface area contributed by atoms with E-state index in [4.69, 9.17) is 4.74 Å². The Hall–Kier alpha value is -1.13. The van der Waals surface area contributed by atoms with Crippen LogP contribution in [-0.4, -0.2) is 22.2 Å². The van der Waals surface area contributed by atoms with Crippen molar-refractivity contribution in [2.45, 2.75) is 51.4 Å². The van der Waals surface area contributed by atoms with E-state index in [1.54, 1.807) is 11.3 Å². The summed E-state index contributed by atoms with van der Waals surface area (Å²) in [5, 5.41) is 3.62. The number of benzene rings is 1. The number of aromatic nitrogens is 1. The number of nitrogens with one attached hydrogen (secondary N) is 1. The lowest BCUT2D eigenvalue weighted by Gasteiger charge is -2.28. The van der Waals surface area contributed by atoms with Gasteiger partial charge in [-0.3, -0.25) is 0 Å². The third kappa shape index (κ3) is 2.47. The van der Waals surface area contributed by atoms with Gasteiger partial charge in [0.1, 0.15) is 0 Å². The van der Waals surface area contributed by atoms with Crippen LogP contribution in [0.1, 0.15) is 34.1 Å². The summed E-state index contributed by atoms with van der Waals surface area (Å²) in [6.45, 7) is 8.63. The van der Waals surface area contributed by atoms with Crippen molar-refractivity contribution >= 4 is 27.2 Å². The van der Waals surface area contributed by atoms with Gasteiger partial charge in [-0.2, -0.15) is 0 Å². The molecule has 1 aromatic carbocycles. The molecule has 0 amide bonds. The molecule has 1 aliphatic heterocycles. The first-order chi connectivity index (χ1) is 8.86. The maximum Gasteiger partial charge on any atom is 0.0834 e. The lowest BCUT2D eigenvalue weighted by molar-refractivity contribution is -0.0662. The van der Waals surface area contributed by atoms with Gasteiger partial charge in [0.15, 0.2) is 0 Å². The summed E-state index contributed by atoms with van der Waals surface area (Å²) in [6.07, 6.45) is 1.01. The van der Waals surface area contributed by atoms with Crippen molar-refractivity contribution in [3.8, 4) is 0 Å². The molecule has 0 aliphatic carbocycles. The molecule has 3 rings (SSSR count). The minimum atomic E-state index is -0.147. The fourth-order valence-corrected chi connectivity index (χ4v) is 3.65. The molecule has 4 heteroatoms. The van der Waals surface area contributed by atoms with Crippen LogP contribution in [0.25, 0.3) is 10.2 Å². The molecule has 1 atom stereocenters. The average Bonchev–Trinajstić information content (AvgIpc) is 2.80. The Morgan fingerprint density at radius 1 is 1.32 bits per heavy atom. The van der Waals surface area contributed by atoms with Crippen molar-refractivity contribution in [3.63, 3.8) is 0 Å². The van der Waals surface area contributed by atoms with Crippen LogP contribution in [0.2, 0.25) is 0 Å². The van der Waals surface area contributed by atoms with Crippen LogP contribution in [0.4, 0.5) is 5.69 Å². The predicted octanol–water partition coefficient (Wildman–Crippen LogP) is 4.05. The first-order valence-electron chi connectivity index (χ1n) is 6.66. The normalized spacial score (nSPS) is 24.7. The van der Waals surface area contributed by atoms with E-state index in [0.29, 0.717) is 6.04 Å². The van der Waals surface area contributed by atoms with Crippen molar-refractivity contribution in [1.29, 1.82) is 0 Å². The molecule has 19 heavy (non-hydrogen) atoms.